The average molecular weight is 373 g/mol. The van der Waals surface area contributed by atoms with E-state index < -0.39 is 11.1 Å². The number of benzene rings is 3. The van der Waals surface area contributed by atoms with Crippen molar-refractivity contribution in [1.29, 1.82) is 0 Å². The van der Waals surface area contributed by atoms with Crippen LogP contribution in [-0.2, 0) is 6.54 Å². The largest absolute Gasteiger partial charge is 0.361 e. The van der Waals surface area contributed by atoms with Crippen molar-refractivity contribution < 1.29 is 9.72 Å². The second kappa shape index (κ2) is 7.15. The Balaban J connectivity index is 1.80. The van der Waals surface area contributed by atoms with Crippen molar-refractivity contribution in [3.05, 3.63) is 105 Å². The molecule has 1 aliphatic heterocycles. The number of hydrogen-bond donors (Lipinski definition) is 1. The molecule has 1 amide bonds. The summed E-state index contributed by atoms with van der Waals surface area (Å²) >= 11 is 0. The molecule has 3 aromatic rings. The van der Waals surface area contributed by atoms with E-state index in [2.05, 4.69) is 5.32 Å². The van der Waals surface area contributed by atoms with E-state index in [1.165, 1.54) is 6.07 Å². The van der Waals surface area contributed by atoms with E-state index in [1.807, 2.05) is 49.4 Å². The van der Waals surface area contributed by atoms with Crippen molar-refractivity contribution >= 4 is 17.3 Å². The molecule has 0 fully saturated rings. The maximum atomic E-state index is 13.3. The number of nitrogens with zero attached hydrogens (tertiary/aromatic N) is 2. The van der Waals surface area contributed by atoms with E-state index in [4.69, 9.17) is 0 Å². The topological polar surface area (TPSA) is 75.5 Å². The summed E-state index contributed by atoms with van der Waals surface area (Å²) in [4.78, 5) is 26.1. The summed E-state index contributed by atoms with van der Waals surface area (Å²) in [6.45, 7) is 2.35. The molecular formula is C22H19N3O3. The van der Waals surface area contributed by atoms with Gasteiger partial charge in [-0.15, -0.1) is 0 Å². The summed E-state index contributed by atoms with van der Waals surface area (Å²) in [5, 5.41) is 14.9. The molecule has 140 valence electrons. The number of amides is 1. The number of para-hydroxylation sites is 2. The number of nitro groups is 1. The van der Waals surface area contributed by atoms with E-state index in [9.17, 15) is 14.9 Å². The highest BCUT2D eigenvalue weighted by Gasteiger charge is 2.35. The van der Waals surface area contributed by atoms with Crippen LogP contribution in [0.3, 0.4) is 0 Å². The number of nitro benzene ring substituents is 1. The van der Waals surface area contributed by atoms with Crippen molar-refractivity contribution in [3.63, 3.8) is 0 Å². The molecule has 3 aromatic carbocycles. The van der Waals surface area contributed by atoms with Gasteiger partial charge in [0.15, 0.2) is 0 Å². The zero-order valence-electron chi connectivity index (χ0n) is 15.3. The van der Waals surface area contributed by atoms with E-state index in [0.29, 0.717) is 23.4 Å². The van der Waals surface area contributed by atoms with Crippen LogP contribution in [0.5, 0.6) is 0 Å². The molecule has 1 atom stereocenters. The maximum Gasteiger partial charge on any atom is 0.276 e. The standard InChI is InChI=1S/C22H19N3O3/c1-15-10-12-16(13-11-15)14-24-21(18-7-3-5-9-20(18)25(27)28)23-19-8-4-2-6-17(19)22(24)26/h2-13,21,23H,14H2,1H3/t21-/m1/s1. The van der Waals surface area contributed by atoms with Crippen LogP contribution in [0, 0.1) is 17.0 Å². The monoisotopic (exact) mass is 373 g/mol. The molecule has 1 heterocycles. The Morgan fingerprint density at radius 1 is 1.00 bits per heavy atom. The van der Waals surface area contributed by atoms with Gasteiger partial charge in [-0.3, -0.25) is 14.9 Å². The fourth-order valence-corrected chi connectivity index (χ4v) is 3.48. The Hall–Kier alpha value is -3.67. The number of hydrogen-bond acceptors (Lipinski definition) is 4. The Labute approximate surface area is 162 Å². The molecule has 0 aromatic heterocycles. The molecule has 0 unspecified atom stereocenters. The number of carbonyl (C=O) groups excluding carboxylic acids is 1. The minimum atomic E-state index is -0.634. The van der Waals surface area contributed by atoms with Crippen LogP contribution in [0.2, 0.25) is 0 Å². The molecular weight excluding hydrogens is 354 g/mol. The number of aryl methyl sites for hydroxylation is 1. The van der Waals surface area contributed by atoms with Gasteiger partial charge in [0.05, 0.1) is 16.1 Å². The second-order valence-electron chi connectivity index (χ2n) is 6.83. The van der Waals surface area contributed by atoms with Gasteiger partial charge in [-0.05, 0) is 30.7 Å². The quantitative estimate of drug-likeness (QED) is 0.533. The summed E-state index contributed by atoms with van der Waals surface area (Å²) in [7, 11) is 0. The molecule has 0 aliphatic carbocycles. The van der Waals surface area contributed by atoms with Gasteiger partial charge in [-0.25, -0.2) is 0 Å². The first-order valence-corrected chi connectivity index (χ1v) is 9.00. The zero-order chi connectivity index (χ0) is 19.7. The SMILES string of the molecule is Cc1ccc(CN2C(=O)c3ccccc3N[C@H]2c2ccccc2[N+](=O)[O-])cc1. The lowest BCUT2D eigenvalue weighted by Gasteiger charge is -2.38. The third-order valence-electron chi connectivity index (χ3n) is 4.92. The average Bonchev–Trinajstić information content (AvgIpc) is 2.71. The molecule has 6 nitrogen and oxygen atoms in total. The normalized spacial score (nSPS) is 15.7. The van der Waals surface area contributed by atoms with Crippen molar-refractivity contribution in [2.45, 2.75) is 19.6 Å². The Bertz CT molecular complexity index is 1050. The molecule has 28 heavy (non-hydrogen) atoms. The number of rotatable bonds is 4. The van der Waals surface area contributed by atoms with E-state index in [0.717, 1.165) is 11.1 Å². The molecule has 4 rings (SSSR count). The number of nitrogens with one attached hydrogen (secondary N) is 1. The highest BCUT2D eigenvalue weighted by molar-refractivity contribution is 6.01. The van der Waals surface area contributed by atoms with E-state index >= 15 is 0 Å². The molecule has 0 spiro atoms. The van der Waals surface area contributed by atoms with Crippen LogP contribution in [0.4, 0.5) is 11.4 Å². The smallest absolute Gasteiger partial charge is 0.276 e. The van der Waals surface area contributed by atoms with Gasteiger partial charge in [0, 0.05) is 18.3 Å². The lowest BCUT2D eigenvalue weighted by Crippen LogP contribution is -2.42. The van der Waals surface area contributed by atoms with Crippen molar-refractivity contribution in [1.82, 2.24) is 4.90 Å². The molecule has 6 heteroatoms. The first-order chi connectivity index (χ1) is 13.5. The summed E-state index contributed by atoms with van der Waals surface area (Å²) in [6, 6.07) is 21.7. The van der Waals surface area contributed by atoms with Crippen LogP contribution in [0.1, 0.15) is 33.2 Å². The molecule has 0 saturated carbocycles. The van der Waals surface area contributed by atoms with Gasteiger partial charge < -0.3 is 10.2 Å². The number of anilines is 1. The highest BCUT2D eigenvalue weighted by Crippen LogP contribution is 2.37. The van der Waals surface area contributed by atoms with Crippen molar-refractivity contribution in [2.75, 3.05) is 5.32 Å². The summed E-state index contributed by atoms with van der Waals surface area (Å²) in [5.74, 6) is -0.155. The fraction of sp³-hybridized carbons (Fsp3) is 0.136. The molecule has 0 bridgehead atoms. The van der Waals surface area contributed by atoms with Crippen LogP contribution in [-0.4, -0.2) is 15.7 Å². The number of carbonyl (C=O) groups is 1. The minimum Gasteiger partial charge on any atom is -0.361 e. The van der Waals surface area contributed by atoms with Crippen LogP contribution < -0.4 is 5.32 Å². The molecule has 0 radical (unpaired) electrons. The first-order valence-electron chi connectivity index (χ1n) is 9.00. The predicted octanol–water partition coefficient (Wildman–Crippen LogP) is 4.67. The lowest BCUT2D eigenvalue weighted by atomic mass is 10.0. The summed E-state index contributed by atoms with van der Waals surface area (Å²) in [6.07, 6.45) is -0.634. The third-order valence-corrected chi connectivity index (χ3v) is 4.92. The second-order valence-corrected chi connectivity index (χ2v) is 6.83. The van der Waals surface area contributed by atoms with Gasteiger partial charge in [0.1, 0.15) is 6.17 Å². The lowest BCUT2D eigenvalue weighted by molar-refractivity contribution is -0.385. The van der Waals surface area contributed by atoms with Gasteiger partial charge in [0.2, 0.25) is 0 Å². The Morgan fingerprint density at radius 2 is 1.68 bits per heavy atom. The molecule has 1 aliphatic rings. The number of fused-ring (bicyclic) bond motifs is 1. The van der Waals surface area contributed by atoms with Gasteiger partial charge in [-0.2, -0.15) is 0 Å². The Morgan fingerprint density at radius 3 is 2.43 bits per heavy atom. The first kappa shape index (κ1) is 17.7. The summed E-state index contributed by atoms with van der Waals surface area (Å²) in [5.41, 5.74) is 3.78. The predicted molar refractivity (Wildman–Crippen MR) is 107 cm³/mol. The van der Waals surface area contributed by atoms with E-state index in [1.54, 1.807) is 29.2 Å². The summed E-state index contributed by atoms with van der Waals surface area (Å²) < 4.78 is 0. The van der Waals surface area contributed by atoms with Crippen molar-refractivity contribution in [2.24, 2.45) is 0 Å². The Kier molecular flexibility index (Phi) is 4.53. The van der Waals surface area contributed by atoms with Gasteiger partial charge >= 0.3 is 0 Å². The van der Waals surface area contributed by atoms with Crippen LogP contribution in [0.15, 0.2) is 72.8 Å². The van der Waals surface area contributed by atoms with Gasteiger partial charge in [-0.1, -0.05) is 54.1 Å². The highest BCUT2D eigenvalue weighted by atomic mass is 16.6. The van der Waals surface area contributed by atoms with Crippen LogP contribution in [0.25, 0.3) is 0 Å². The van der Waals surface area contributed by atoms with Crippen molar-refractivity contribution in [3.8, 4) is 0 Å². The van der Waals surface area contributed by atoms with Gasteiger partial charge in [0.25, 0.3) is 11.6 Å². The fourth-order valence-electron chi connectivity index (χ4n) is 3.48. The molecule has 0 saturated heterocycles. The zero-order valence-corrected chi connectivity index (χ0v) is 15.3. The maximum absolute atomic E-state index is 13.3. The van der Waals surface area contributed by atoms with E-state index in [-0.39, 0.29) is 11.6 Å². The minimum absolute atomic E-state index is 0.0129. The third kappa shape index (κ3) is 3.20. The molecule has 1 N–H and O–H groups in total. The van der Waals surface area contributed by atoms with Crippen LogP contribution >= 0.6 is 0 Å².